The zero-order chi connectivity index (χ0) is 16.4. The van der Waals surface area contributed by atoms with E-state index < -0.39 is 0 Å². The molecule has 0 bridgehead atoms. The molecule has 0 unspecified atom stereocenters. The number of rotatable bonds is 3. The van der Waals surface area contributed by atoms with Crippen LogP contribution in [0.15, 0.2) is 41.3 Å². The lowest BCUT2D eigenvalue weighted by Gasteiger charge is -2.36. The van der Waals surface area contributed by atoms with Crippen molar-refractivity contribution in [2.45, 2.75) is 32.6 Å². The largest absolute Gasteiger partial charge is 0.372 e. The summed E-state index contributed by atoms with van der Waals surface area (Å²) in [5.74, 6) is 0. The van der Waals surface area contributed by atoms with Crippen molar-refractivity contribution in [1.82, 2.24) is 9.78 Å². The first-order chi connectivity index (χ1) is 11.0. The van der Waals surface area contributed by atoms with Gasteiger partial charge in [-0.2, -0.15) is 5.10 Å². The summed E-state index contributed by atoms with van der Waals surface area (Å²) in [5, 5.41) is 4.52. The van der Waals surface area contributed by atoms with Crippen molar-refractivity contribution in [3.05, 3.63) is 57.5 Å². The van der Waals surface area contributed by atoms with E-state index in [0.717, 1.165) is 5.56 Å². The van der Waals surface area contributed by atoms with E-state index in [1.165, 1.54) is 4.68 Å². The Bertz CT molecular complexity index is 722. The average Bonchev–Trinajstić information content (AvgIpc) is 2.52. The zero-order valence-corrected chi connectivity index (χ0v) is 14.0. The maximum Gasteiger partial charge on any atom is 0.287 e. The van der Waals surface area contributed by atoms with Crippen LogP contribution in [-0.2, 0) is 11.3 Å². The maximum absolute atomic E-state index is 12.5. The van der Waals surface area contributed by atoms with Crippen LogP contribution in [0.1, 0.15) is 19.4 Å². The van der Waals surface area contributed by atoms with Crippen molar-refractivity contribution in [2.24, 2.45) is 0 Å². The smallest absolute Gasteiger partial charge is 0.287 e. The molecule has 2 atom stereocenters. The molecule has 1 aromatic carbocycles. The minimum atomic E-state index is -0.264. The van der Waals surface area contributed by atoms with Crippen LogP contribution in [0.4, 0.5) is 5.69 Å². The van der Waals surface area contributed by atoms with Crippen molar-refractivity contribution in [3.8, 4) is 0 Å². The van der Waals surface area contributed by atoms with E-state index in [-0.39, 0.29) is 22.8 Å². The first kappa shape index (κ1) is 16.0. The highest BCUT2D eigenvalue weighted by atomic mass is 35.5. The molecule has 0 N–H and O–H groups in total. The average molecular weight is 334 g/mol. The highest BCUT2D eigenvalue weighted by molar-refractivity contribution is 6.33. The standard InChI is InChI=1S/C17H20ClN3O2/c1-12-9-20(10-13(2)23-12)15-8-19-21(17(22)16(15)18)11-14-6-4-3-5-7-14/h3-8,12-13H,9-11H2,1-2H3/t12-,13+. The summed E-state index contributed by atoms with van der Waals surface area (Å²) in [4.78, 5) is 14.6. The summed E-state index contributed by atoms with van der Waals surface area (Å²) in [5.41, 5.74) is 1.43. The van der Waals surface area contributed by atoms with Crippen molar-refractivity contribution in [3.63, 3.8) is 0 Å². The molecule has 0 amide bonds. The van der Waals surface area contributed by atoms with Gasteiger partial charge in [-0.05, 0) is 19.4 Å². The normalized spacial score (nSPS) is 21.4. The van der Waals surface area contributed by atoms with Crippen LogP contribution in [-0.4, -0.2) is 35.1 Å². The molecule has 122 valence electrons. The first-order valence-electron chi connectivity index (χ1n) is 7.74. The lowest BCUT2D eigenvalue weighted by molar-refractivity contribution is -0.00524. The number of aromatic nitrogens is 2. The van der Waals surface area contributed by atoms with E-state index in [2.05, 4.69) is 10.00 Å². The molecule has 0 aliphatic carbocycles. The fraction of sp³-hybridized carbons (Fsp3) is 0.412. The van der Waals surface area contributed by atoms with Crippen LogP contribution in [0, 0.1) is 0 Å². The van der Waals surface area contributed by atoms with Gasteiger partial charge in [0.2, 0.25) is 0 Å². The Morgan fingerprint density at radius 3 is 2.52 bits per heavy atom. The van der Waals surface area contributed by atoms with Crippen molar-refractivity contribution in [1.29, 1.82) is 0 Å². The zero-order valence-electron chi connectivity index (χ0n) is 13.3. The molecule has 23 heavy (non-hydrogen) atoms. The molecule has 1 fully saturated rings. The highest BCUT2D eigenvalue weighted by Gasteiger charge is 2.25. The van der Waals surface area contributed by atoms with Crippen molar-refractivity contribution < 1.29 is 4.74 Å². The second-order valence-electron chi connectivity index (χ2n) is 5.95. The van der Waals surface area contributed by atoms with Crippen LogP contribution in [0.3, 0.4) is 0 Å². The lowest BCUT2D eigenvalue weighted by atomic mass is 10.2. The second-order valence-corrected chi connectivity index (χ2v) is 6.33. The minimum Gasteiger partial charge on any atom is -0.372 e. The monoisotopic (exact) mass is 333 g/mol. The lowest BCUT2D eigenvalue weighted by Crippen LogP contribution is -2.46. The Labute approximate surface area is 140 Å². The molecule has 1 aliphatic heterocycles. The summed E-state index contributed by atoms with van der Waals surface area (Å²) in [6.07, 6.45) is 1.88. The topological polar surface area (TPSA) is 47.4 Å². The van der Waals surface area contributed by atoms with E-state index >= 15 is 0 Å². The number of halogens is 1. The quantitative estimate of drug-likeness (QED) is 0.866. The fourth-order valence-corrected chi connectivity index (χ4v) is 3.19. The molecule has 0 radical (unpaired) electrons. The Balaban J connectivity index is 1.87. The molecule has 1 aliphatic rings. The van der Waals surface area contributed by atoms with E-state index in [4.69, 9.17) is 16.3 Å². The predicted octanol–water partition coefficient (Wildman–Crippen LogP) is 2.56. The number of morpholine rings is 1. The van der Waals surface area contributed by atoms with Gasteiger partial charge in [0.1, 0.15) is 5.02 Å². The van der Waals surface area contributed by atoms with Crippen LogP contribution in [0.2, 0.25) is 5.02 Å². The van der Waals surface area contributed by atoms with Gasteiger partial charge in [0, 0.05) is 13.1 Å². The third-order valence-electron chi connectivity index (χ3n) is 3.90. The first-order valence-corrected chi connectivity index (χ1v) is 8.12. The summed E-state index contributed by atoms with van der Waals surface area (Å²) in [6.45, 7) is 5.85. The molecule has 2 heterocycles. The Morgan fingerprint density at radius 1 is 1.22 bits per heavy atom. The van der Waals surface area contributed by atoms with Crippen molar-refractivity contribution >= 4 is 17.3 Å². The number of anilines is 1. The maximum atomic E-state index is 12.5. The number of hydrogen-bond donors (Lipinski definition) is 0. The van der Waals surface area contributed by atoms with Gasteiger partial charge >= 0.3 is 0 Å². The van der Waals surface area contributed by atoms with Crippen LogP contribution in [0.5, 0.6) is 0 Å². The molecular weight excluding hydrogens is 314 g/mol. The number of benzene rings is 1. The third-order valence-corrected chi connectivity index (χ3v) is 4.26. The summed E-state index contributed by atoms with van der Waals surface area (Å²) >= 11 is 6.34. The predicted molar refractivity (Wildman–Crippen MR) is 91.3 cm³/mol. The molecule has 0 saturated carbocycles. The molecule has 5 nitrogen and oxygen atoms in total. The summed E-state index contributed by atoms with van der Waals surface area (Å²) in [7, 11) is 0. The second kappa shape index (κ2) is 6.72. The van der Waals surface area contributed by atoms with Gasteiger partial charge in [-0.15, -0.1) is 0 Å². The van der Waals surface area contributed by atoms with Gasteiger partial charge < -0.3 is 9.64 Å². The van der Waals surface area contributed by atoms with E-state index in [1.807, 2.05) is 44.2 Å². The fourth-order valence-electron chi connectivity index (χ4n) is 2.92. The number of nitrogens with zero attached hydrogens (tertiary/aromatic N) is 3. The Kier molecular flexibility index (Phi) is 4.68. The van der Waals surface area contributed by atoms with Gasteiger partial charge in [-0.25, -0.2) is 4.68 Å². The molecular formula is C17H20ClN3O2. The van der Waals surface area contributed by atoms with Gasteiger partial charge in [0.05, 0.1) is 30.6 Å². The molecule has 1 aromatic heterocycles. The molecule has 6 heteroatoms. The van der Waals surface area contributed by atoms with Gasteiger partial charge in [0.15, 0.2) is 0 Å². The Hall–Kier alpha value is -1.85. The van der Waals surface area contributed by atoms with Crippen LogP contribution >= 0.6 is 11.6 Å². The summed E-state index contributed by atoms with van der Waals surface area (Å²) < 4.78 is 7.12. The van der Waals surface area contributed by atoms with Gasteiger partial charge in [-0.3, -0.25) is 4.79 Å². The van der Waals surface area contributed by atoms with Crippen LogP contribution in [0.25, 0.3) is 0 Å². The Morgan fingerprint density at radius 2 is 1.87 bits per heavy atom. The van der Waals surface area contributed by atoms with Crippen molar-refractivity contribution in [2.75, 3.05) is 18.0 Å². The highest BCUT2D eigenvalue weighted by Crippen LogP contribution is 2.24. The molecule has 1 saturated heterocycles. The van der Waals surface area contributed by atoms with E-state index in [1.54, 1.807) is 6.20 Å². The summed E-state index contributed by atoms with van der Waals surface area (Å²) in [6, 6.07) is 9.73. The minimum absolute atomic E-state index is 0.0987. The van der Waals surface area contributed by atoms with Gasteiger partial charge in [-0.1, -0.05) is 41.9 Å². The number of ether oxygens (including phenoxy) is 1. The van der Waals surface area contributed by atoms with E-state index in [0.29, 0.717) is 25.3 Å². The molecule has 0 spiro atoms. The number of hydrogen-bond acceptors (Lipinski definition) is 4. The SMILES string of the molecule is C[C@@H]1CN(c2cnn(Cc3ccccc3)c(=O)c2Cl)C[C@H](C)O1. The van der Waals surface area contributed by atoms with Crippen LogP contribution < -0.4 is 10.5 Å². The third kappa shape index (κ3) is 3.57. The van der Waals surface area contributed by atoms with E-state index in [9.17, 15) is 4.79 Å². The van der Waals surface area contributed by atoms with Gasteiger partial charge in [0.25, 0.3) is 5.56 Å². The molecule has 2 aromatic rings. The molecule has 3 rings (SSSR count).